The fourth-order valence-electron chi connectivity index (χ4n) is 2.42. The molecular weight excluding hydrogens is 352 g/mol. The molecule has 7 heteroatoms. The second-order valence-electron chi connectivity index (χ2n) is 5.48. The Balaban J connectivity index is 1.96. The van der Waals surface area contributed by atoms with Crippen molar-refractivity contribution in [2.45, 2.75) is 13.3 Å². The number of carbonyl (C=O) groups excluding carboxylic acids is 2. The van der Waals surface area contributed by atoms with E-state index in [1.165, 1.54) is 18.4 Å². The molecule has 26 heavy (non-hydrogen) atoms. The van der Waals surface area contributed by atoms with Crippen LogP contribution in [0.3, 0.4) is 0 Å². The van der Waals surface area contributed by atoms with Crippen molar-refractivity contribution in [2.75, 3.05) is 19.0 Å². The van der Waals surface area contributed by atoms with E-state index < -0.39 is 5.97 Å². The normalized spacial score (nSPS) is 10.5. The lowest BCUT2D eigenvalue weighted by atomic mass is 10.2. The predicted octanol–water partition coefficient (Wildman–Crippen LogP) is 4.12. The lowest BCUT2D eigenvalue weighted by Gasteiger charge is -2.07. The molecule has 0 fully saturated rings. The Hall–Kier alpha value is -2.93. The van der Waals surface area contributed by atoms with Crippen LogP contribution in [0.15, 0.2) is 42.6 Å². The lowest BCUT2D eigenvalue weighted by Crippen LogP contribution is -2.13. The Bertz CT molecular complexity index is 937. The Morgan fingerprint density at radius 3 is 2.77 bits per heavy atom. The van der Waals surface area contributed by atoms with E-state index in [2.05, 4.69) is 10.3 Å². The molecule has 134 valence electrons. The van der Waals surface area contributed by atoms with Gasteiger partial charge in [-0.05, 0) is 36.8 Å². The summed E-state index contributed by atoms with van der Waals surface area (Å²) in [5.74, 6) is -0.242. The SMILES string of the molecule is CCCOc1c(C(=O)OC)sc2ccc(NC(=O)c3ccccn3)cc12. The highest BCUT2D eigenvalue weighted by molar-refractivity contribution is 7.21. The molecule has 0 bridgehead atoms. The topological polar surface area (TPSA) is 77.5 Å². The quantitative estimate of drug-likeness (QED) is 0.660. The third-order valence-electron chi connectivity index (χ3n) is 3.62. The molecule has 2 aromatic heterocycles. The molecule has 0 radical (unpaired) electrons. The summed E-state index contributed by atoms with van der Waals surface area (Å²) in [4.78, 5) is 28.8. The molecule has 3 rings (SSSR count). The average molecular weight is 370 g/mol. The molecule has 6 nitrogen and oxygen atoms in total. The first kappa shape index (κ1) is 17.9. The summed E-state index contributed by atoms with van der Waals surface area (Å²) in [6.07, 6.45) is 2.38. The monoisotopic (exact) mass is 370 g/mol. The number of esters is 1. The number of rotatable bonds is 6. The fourth-order valence-corrected chi connectivity index (χ4v) is 3.47. The van der Waals surface area contributed by atoms with Crippen molar-refractivity contribution in [1.82, 2.24) is 4.98 Å². The number of hydrogen-bond donors (Lipinski definition) is 1. The minimum absolute atomic E-state index is 0.301. The number of nitrogens with one attached hydrogen (secondary N) is 1. The first-order valence-electron chi connectivity index (χ1n) is 8.14. The number of carbonyl (C=O) groups is 2. The molecular formula is C19H18N2O4S. The molecule has 1 N–H and O–H groups in total. The number of anilines is 1. The Labute approximate surface area is 154 Å². The third kappa shape index (κ3) is 3.67. The van der Waals surface area contributed by atoms with Gasteiger partial charge in [0, 0.05) is 22.0 Å². The molecule has 0 spiro atoms. The van der Waals surface area contributed by atoms with Crippen molar-refractivity contribution < 1.29 is 19.1 Å². The van der Waals surface area contributed by atoms with Gasteiger partial charge >= 0.3 is 5.97 Å². The van der Waals surface area contributed by atoms with Crippen molar-refractivity contribution in [1.29, 1.82) is 0 Å². The third-order valence-corrected chi connectivity index (χ3v) is 4.75. The van der Waals surface area contributed by atoms with E-state index in [1.807, 2.05) is 13.0 Å². The van der Waals surface area contributed by atoms with Gasteiger partial charge in [-0.2, -0.15) is 0 Å². The van der Waals surface area contributed by atoms with Gasteiger partial charge in [-0.3, -0.25) is 9.78 Å². The Morgan fingerprint density at radius 2 is 2.08 bits per heavy atom. The number of amides is 1. The number of methoxy groups -OCH3 is 1. The molecule has 0 aliphatic heterocycles. The van der Waals surface area contributed by atoms with Crippen LogP contribution in [-0.4, -0.2) is 30.6 Å². The van der Waals surface area contributed by atoms with Gasteiger partial charge in [-0.15, -0.1) is 11.3 Å². The maximum Gasteiger partial charge on any atom is 0.351 e. The first-order chi connectivity index (χ1) is 12.6. The van der Waals surface area contributed by atoms with E-state index >= 15 is 0 Å². The van der Waals surface area contributed by atoms with Crippen LogP contribution in [0.5, 0.6) is 5.75 Å². The summed E-state index contributed by atoms with van der Waals surface area (Å²) in [6.45, 7) is 2.48. The van der Waals surface area contributed by atoms with Crippen molar-refractivity contribution in [3.05, 3.63) is 53.2 Å². The minimum Gasteiger partial charge on any atom is -0.491 e. The Morgan fingerprint density at radius 1 is 1.23 bits per heavy atom. The number of pyridine rings is 1. The van der Waals surface area contributed by atoms with Gasteiger partial charge in [0.1, 0.15) is 5.69 Å². The number of ether oxygens (including phenoxy) is 2. The number of hydrogen-bond acceptors (Lipinski definition) is 6. The first-order valence-corrected chi connectivity index (χ1v) is 8.95. The summed E-state index contributed by atoms with van der Waals surface area (Å²) in [5.41, 5.74) is 0.930. The molecule has 2 heterocycles. The van der Waals surface area contributed by atoms with E-state index in [-0.39, 0.29) is 5.91 Å². The number of benzene rings is 1. The van der Waals surface area contributed by atoms with Gasteiger partial charge < -0.3 is 14.8 Å². The average Bonchev–Trinajstić information content (AvgIpc) is 3.04. The summed E-state index contributed by atoms with van der Waals surface area (Å²) >= 11 is 1.31. The molecule has 0 saturated heterocycles. The van der Waals surface area contributed by atoms with Crippen LogP contribution in [0.4, 0.5) is 5.69 Å². The predicted molar refractivity (Wildman–Crippen MR) is 101 cm³/mol. The van der Waals surface area contributed by atoms with Crippen molar-refractivity contribution >= 4 is 39.0 Å². The van der Waals surface area contributed by atoms with Gasteiger partial charge in [-0.25, -0.2) is 4.79 Å². The molecule has 3 aromatic rings. The molecule has 0 aliphatic rings. The van der Waals surface area contributed by atoms with Gasteiger partial charge in [0.25, 0.3) is 5.91 Å². The summed E-state index contributed by atoms with van der Waals surface area (Å²) in [7, 11) is 1.34. The molecule has 1 aromatic carbocycles. The minimum atomic E-state index is -0.434. The highest BCUT2D eigenvalue weighted by atomic mass is 32.1. The molecule has 0 saturated carbocycles. The molecule has 0 aliphatic carbocycles. The van der Waals surface area contributed by atoms with Crippen molar-refractivity contribution in [3.63, 3.8) is 0 Å². The molecule has 1 amide bonds. The van der Waals surface area contributed by atoms with Gasteiger partial charge in [0.05, 0.1) is 13.7 Å². The van der Waals surface area contributed by atoms with Crippen LogP contribution in [0.2, 0.25) is 0 Å². The van der Waals surface area contributed by atoms with Gasteiger partial charge in [-0.1, -0.05) is 13.0 Å². The second-order valence-corrected chi connectivity index (χ2v) is 6.53. The lowest BCUT2D eigenvalue weighted by molar-refractivity contribution is 0.0602. The zero-order chi connectivity index (χ0) is 18.5. The summed E-state index contributed by atoms with van der Waals surface area (Å²) in [6, 6.07) is 10.6. The van der Waals surface area contributed by atoms with Crippen LogP contribution in [0.25, 0.3) is 10.1 Å². The van der Waals surface area contributed by atoms with E-state index in [0.29, 0.717) is 28.6 Å². The van der Waals surface area contributed by atoms with Crippen molar-refractivity contribution in [3.8, 4) is 5.75 Å². The van der Waals surface area contributed by atoms with Crippen LogP contribution in [0, 0.1) is 0 Å². The zero-order valence-corrected chi connectivity index (χ0v) is 15.3. The van der Waals surface area contributed by atoms with Crippen LogP contribution >= 0.6 is 11.3 Å². The number of nitrogens with zero attached hydrogens (tertiary/aromatic N) is 1. The Kier molecular flexibility index (Phi) is 5.48. The standard InChI is InChI=1S/C19H18N2O4S/c1-3-10-25-16-13-11-12(21-18(22)14-6-4-5-9-20-14)7-8-15(13)26-17(16)19(23)24-2/h4-9,11H,3,10H2,1-2H3,(H,21,22). The smallest absolute Gasteiger partial charge is 0.351 e. The van der Waals surface area contributed by atoms with Gasteiger partial charge in [0.15, 0.2) is 10.6 Å². The highest BCUT2D eigenvalue weighted by Crippen LogP contribution is 2.39. The van der Waals surface area contributed by atoms with Crippen molar-refractivity contribution in [2.24, 2.45) is 0 Å². The van der Waals surface area contributed by atoms with Gasteiger partial charge in [0.2, 0.25) is 0 Å². The molecule has 0 atom stereocenters. The zero-order valence-electron chi connectivity index (χ0n) is 14.4. The highest BCUT2D eigenvalue weighted by Gasteiger charge is 2.21. The van der Waals surface area contributed by atoms with Crippen LogP contribution < -0.4 is 10.1 Å². The number of fused-ring (bicyclic) bond motifs is 1. The number of thiophene rings is 1. The number of aromatic nitrogens is 1. The van der Waals surface area contributed by atoms with Crippen LogP contribution in [0.1, 0.15) is 33.5 Å². The molecule has 0 unspecified atom stereocenters. The van der Waals surface area contributed by atoms with E-state index in [1.54, 1.807) is 36.5 Å². The fraction of sp³-hybridized carbons (Fsp3) is 0.211. The second kappa shape index (κ2) is 7.97. The van der Waals surface area contributed by atoms with E-state index in [0.717, 1.165) is 16.5 Å². The maximum absolute atomic E-state index is 12.3. The summed E-state index contributed by atoms with van der Waals surface area (Å²) < 4.78 is 11.5. The van der Waals surface area contributed by atoms with E-state index in [9.17, 15) is 9.59 Å². The van der Waals surface area contributed by atoms with Crippen LogP contribution in [-0.2, 0) is 4.74 Å². The summed E-state index contributed by atoms with van der Waals surface area (Å²) in [5, 5.41) is 3.58. The largest absolute Gasteiger partial charge is 0.491 e. The maximum atomic E-state index is 12.3. The van der Waals surface area contributed by atoms with E-state index in [4.69, 9.17) is 9.47 Å².